The summed E-state index contributed by atoms with van der Waals surface area (Å²) in [4.78, 5) is 14.5. The first-order valence-electron chi connectivity index (χ1n) is 8.09. The molecule has 0 aliphatic carbocycles. The Morgan fingerprint density at radius 2 is 1.92 bits per heavy atom. The number of hydrogen-bond donors (Lipinski definition) is 2. The van der Waals surface area contributed by atoms with Gasteiger partial charge < -0.3 is 15.5 Å². The normalized spacial score (nSPS) is 16.6. The van der Waals surface area contributed by atoms with Crippen molar-refractivity contribution in [3.63, 3.8) is 0 Å². The standard InChI is InChI=1S/C17H15BrClN7/c1-21-14-12-13(18)24-25-15(12)23-16(22-14)26-8-6-17(20,7-9-26)10-2-4-11(19)5-3-10/h2-5H,6-9,20H2,(H,22,23,24,25). The van der Waals surface area contributed by atoms with Crippen molar-refractivity contribution >= 4 is 50.3 Å². The van der Waals surface area contributed by atoms with Gasteiger partial charge in [-0.2, -0.15) is 10.1 Å². The summed E-state index contributed by atoms with van der Waals surface area (Å²) in [6.07, 6.45) is 1.52. The van der Waals surface area contributed by atoms with Crippen molar-refractivity contribution in [3.8, 4) is 0 Å². The molecule has 3 N–H and O–H groups in total. The van der Waals surface area contributed by atoms with Crippen LogP contribution < -0.4 is 10.6 Å². The summed E-state index contributed by atoms with van der Waals surface area (Å²) in [5.74, 6) is 0.800. The fourth-order valence-electron chi connectivity index (χ4n) is 3.26. The lowest BCUT2D eigenvalue weighted by atomic mass is 9.82. The number of H-pyrrole nitrogens is 1. The molecule has 0 spiro atoms. The molecule has 3 aromatic rings. The molecule has 0 bridgehead atoms. The molecule has 2 aromatic heterocycles. The van der Waals surface area contributed by atoms with Crippen LogP contribution in [-0.2, 0) is 5.54 Å². The highest BCUT2D eigenvalue weighted by molar-refractivity contribution is 9.10. The van der Waals surface area contributed by atoms with Crippen molar-refractivity contribution < 1.29 is 0 Å². The van der Waals surface area contributed by atoms with E-state index in [1.807, 2.05) is 24.3 Å². The summed E-state index contributed by atoms with van der Waals surface area (Å²) >= 11 is 9.32. The molecule has 1 saturated heterocycles. The van der Waals surface area contributed by atoms with E-state index in [1.165, 1.54) is 0 Å². The number of nitrogens with zero attached hydrogens (tertiary/aromatic N) is 5. The Morgan fingerprint density at radius 3 is 2.58 bits per heavy atom. The number of benzene rings is 1. The van der Waals surface area contributed by atoms with Crippen molar-refractivity contribution in [2.45, 2.75) is 18.4 Å². The summed E-state index contributed by atoms with van der Waals surface area (Å²) in [5.41, 5.74) is 7.80. The van der Waals surface area contributed by atoms with Gasteiger partial charge in [0.05, 0.1) is 5.39 Å². The zero-order chi connectivity index (χ0) is 18.3. The fourth-order valence-corrected chi connectivity index (χ4v) is 3.83. The predicted octanol–water partition coefficient (Wildman–Crippen LogP) is 3.77. The van der Waals surface area contributed by atoms with Crippen LogP contribution in [0, 0.1) is 6.57 Å². The summed E-state index contributed by atoms with van der Waals surface area (Å²) in [7, 11) is 0. The van der Waals surface area contributed by atoms with Crippen molar-refractivity contribution in [1.82, 2.24) is 20.2 Å². The number of rotatable bonds is 2. The Balaban J connectivity index is 1.59. The second-order valence-electron chi connectivity index (χ2n) is 6.35. The Morgan fingerprint density at radius 1 is 1.23 bits per heavy atom. The highest BCUT2D eigenvalue weighted by Gasteiger charge is 2.34. The van der Waals surface area contributed by atoms with Gasteiger partial charge in [-0.05, 0) is 46.5 Å². The quantitative estimate of drug-likeness (QED) is 0.602. The molecule has 1 fully saturated rings. The zero-order valence-corrected chi connectivity index (χ0v) is 16.0. The van der Waals surface area contributed by atoms with Crippen LogP contribution in [-0.4, -0.2) is 33.3 Å². The Labute approximate surface area is 163 Å². The van der Waals surface area contributed by atoms with Crippen LogP contribution in [0.5, 0.6) is 0 Å². The van der Waals surface area contributed by atoms with Crippen LogP contribution in [0.1, 0.15) is 18.4 Å². The molecule has 0 saturated carbocycles. The molecule has 132 valence electrons. The highest BCUT2D eigenvalue weighted by Crippen LogP contribution is 2.34. The van der Waals surface area contributed by atoms with Crippen LogP contribution in [0.2, 0.25) is 5.02 Å². The number of halogens is 2. The maximum absolute atomic E-state index is 7.39. The first kappa shape index (κ1) is 17.2. The summed E-state index contributed by atoms with van der Waals surface area (Å²) in [6, 6.07) is 7.70. The first-order valence-corrected chi connectivity index (χ1v) is 9.26. The van der Waals surface area contributed by atoms with Crippen molar-refractivity contribution in [2.24, 2.45) is 5.73 Å². The third kappa shape index (κ3) is 2.92. The fraction of sp³-hybridized carbons (Fsp3) is 0.294. The minimum Gasteiger partial charge on any atom is -0.360 e. The average Bonchev–Trinajstić information content (AvgIpc) is 3.03. The van der Waals surface area contributed by atoms with Crippen molar-refractivity contribution in [2.75, 3.05) is 18.0 Å². The number of anilines is 1. The van der Waals surface area contributed by atoms with Gasteiger partial charge in [-0.25, -0.2) is 0 Å². The third-order valence-corrected chi connectivity index (χ3v) is 5.63. The molecule has 9 heteroatoms. The summed E-state index contributed by atoms with van der Waals surface area (Å²) < 4.78 is 0.618. The maximum Gasteiger partial charge on any atom is 0.324 e. The van der Waals surface area contributed by atoms with Crippen molar-refractivity contribution in [1.29, 1.82) is 0 Å². The summed E-state index contributed by atoms with van der Waals surface area (Å²) in [6.45, 7) is 8.79. The second kappa shape index (κ2) is 6.50. The minimum atomic E-state index is -0.400. The molecule has 1 aliphatic heterocycles. The number of hydrogen-bond acceptors (Lipinski definition) is 5. The molecular weight excluding hydrogens is 418 g/mol. The van der Waals surface area contributed by atoms with Gasteiger partial charge in [0, 0.05) is 23.7 Å². The monoisotopic (exact) mass is 431 g/mol. The number of piperidine rings is 1. The van der Waals surface area contributed by atoms with Crippen LogP contribution in [0.15, 0.2) is 28.9 Å². The third-order valence-electron chi connectivity index (χ3n) is 4.80. The van der Waals surface area contributed by atoms with E-state index in [2.05, 4.69) is 45.8 Å². The molecule has 1 aliphatic rings. The molecule has 26 heavy (non-hydrogen) atoms. The molecule has 7 nitrogen and oxygen atoms in total. The van der Waals surface area contributed by atoms with E-state index in [0.717, 1.165) is 18.4 Å². The predicted molar refractivity (Wildman–Crippen MR) is 104 cm³/mol. The molecule has 0 amide bonds. The van der Waals surface area contributed by atoms with Crippen LogP contribution in [0.4, 0.5) is 11.8 Å². The maximum atomic E-state index is 7.39. The van der Waals surface area contributed by atoms with Gasteiger partial charge in [0.2, 0.25) is 0 Å². The van der Waals surface area contributed by atoms with Crippen LogP contribution in [0.25, 0.3) is 15.9 Å². The van der Waals surface area contributed by atoms with E-state index in [-0.39, 0.29) is 5.82 Å². The number of fused-ring (bicyclic) bond motifs is 1. The average molecular weight is 433 g/mol. The van der Waals surface area contributed by atoms with E-state index in [1.54, 1.807) is 0 Å². The Hall–Kier alpha value is -2.21. The van der Waals surface area contributed by atoms with E-state index in [4.69, 9.17) is 23.9 Å². The van der Waals surface area contributed by atoms with Gasteiger partial charge in [-0.15, -0.1) is 0 Å². The van der Waals surface area contributed by atoms with Gasteiger partial charge in [0.1, 0.15) is 4.60 Å². The molecule has 1 aromatic carbocycles. The number of nitrogens with one attached hydrogen (secondary N) is 1. The Bertz CT molecular complexity index is 1000. The lowest BCUT2D eigenvalue weighted by Crippen LogP contribution is -2.48. The lowest BCUT2D eigenvalue weighted by Gasteiger charge is -2.38. The topological polar surface area (TPSA) is 88.1 Å². The highest BCUT2D eigenvalue weighted by atomic mass is 79.9. The second-order valence-corrected chi connectivity index (χ2v) is 7.57. The molecule has 4 rings (SSSR count). The van der Waals surface area contributed by atoms with Crippen LogP contribution >= 0.6 is 27.5 Å². The van der Waals surface area contributed by atoms with Gasteiger partial charge in [-0.3, -0.25) is 5.10 Å². The van der Waals surface area contributed by atoms with Gasteiger partial charge in [0.15, 0.2) is 5.65 Å². The lowest BCUT2D eigenvalue weighted by molar-refractivity contribution is 0.340. The molecule has 0 atom stereocenters. The van der Waals surface area contributed by atoms with Crippen molar-refractivity contribution in [3.05, 3.63) is 50.9 Å². The van der Waals surface area contributed by atoms with Gasteiger partial charge in [-0.1, -0.05) is 35.3 Å². The minimum absolute atomic E-state index is 0.285. The first-order chi connectivity index (χ1) is 12.5. The number of nitrogens with two attached hydrogens (primary N) is 1. The van der Waals surface area contributed by atoms with E-state index in [0.29, 0.717) is 39.7 Å². The van der Waals surface area contributed by atoms with Crippen LogP contribution in [0.3, 0.4) is 0 Å². The molecular formula is C17H15BrClN7. The van der Waals surface area contributed by atoms with E-state index in [9.17, 15) is 0 Å². The van der Waals surface area contributed by atoms with Gasteiger partial charge >= 0.3 is 5.95 Å². The van der Waals surface area contributed by atoms with E-state index < -0.39 is 5.54 Å². The van der Waals surface area contributed by atoms with E-state index >= 15 is 0 Å². The smallest absolute Gasteiger partial charge is 0.324 e. The molecule has 3 heterocycles. The largest absolute Gasteiger partial charge is 0.360 e. The Kier molecular flexibility index (Phi) is 4.31. The summed E-state index contributed by atoms with van der Waals surface area (Å²) in [5, 5.41) is 8.24. The number of aromatic amines is 1. The molecule has 0 unspecified atom stereocenters. The molecule has 0 radical (unpaired) electrons. The number of aromatic nitrogens is 4. The zero-order valence-electron chi connectivity index (χ0n) is 13.7. The SMILES string of the molecule is [C-]#[N+]c1nc(N2CCC(N)(c3ccc(Cl)cc3)CC2)nc2n[nH]c(Br)c12. The van der Waals surface area contributed by atoms with Gasteiger partial charge in [0.25, 0.3) is 5.82 Å².